The van der Waals surface area contributed by atoms with Crippen molar-refractivity contribution >= 4 is 50.1 Å². The molecule has 0 bridgehead atoms. The van der Waals surface area contributed by atoms with Crippen LogP contribution in [0.25, 0.3) is 10.8 Å². The first-order chi connectivity index (χ1) is 15.9. The maximum Gasteiger partial charge on any atom is 0.234 e. The van der Waals surface area contributed by atoms with Crippen LogP contribution in [0.1, 0.15) is 31.2 Å². The number of carbonyl (C=O) groups excluding carboxylic acids is 1. The van der Waals surface area contributed by atoms with Gasteiger partial charge in [-0.3, -0.25) is 4.79 Å². The summed E-state index contributed by atoms with van der Waals surface area (Å²) in [6.45, 7) is 4.50. The Morgan fingerprint density at radius 2 is 1.91 bits per heavy atom. The van der Waals surface area contributed by atoms with E-state index in [1.54, 1.807) is 0 Å². The lowest BCUT2D eigenvalue weighted by Crippen LogP contribution is -2.16. The largest absolute Gasteiger partial charge is 0.485 e. The van der Waals surface area contributed by atoms with Gasteiger partial charge in [-0.15, -0.1) is 10.2 Å². The molecule has 0 saturated carbocycles. The zero-order valence-corrected chi connectivity index (χ0v) is 21.1. The summed E-state index contributed by atoms with van der Waals surface area (Å²) in [6, 6.07) is 20.0. The molecule has 0 radical (unpaired) electrons. The van der Waals surface area contributed by atoms with Crippen LogP contribution >= 0.6 is 27.7 Å². The normalized spacial score (nSPS) is 11.2. The first-order valence-corrected chi connectivity index (χ1v) is 12.4. The van der Waals surface area contributed by atoms with Crippen LogP contribution in [-0.2, 0) is 18.4 Å². The van der Waals surface area contributed by atoms with E-state index >= 15 is 0 Å². The van der Waals surface area contributed by atoms with Crippen LogP contribution in [0.4, 0.5) is 5.69 Å². The van der Waals surface area contributed by atoms with Crippen molar-refractivity contribution in [3.05, 3.63) is 76.5 Å². The van der Waals surface area contributed by atoms with E-state index in [0.717, 1.165) is 32.2 Å². The number of hydrogen-bond donors (Lipinski definition) is 1. The highest BCUT2D eigenvalue weighted by atomic mass is 79.9. The molecule has 0 spiro atoms. The van der Waals surface area contributed by atoms with E-state index in [0.29, 0.717) is 23.5 Å². The van der Waals surface area contributed by atoms with E-state index in [4.69, 9.17) is 4.74 Å². The number of thioether (sulfide) groups is 1. The molecule has 170 valence electrons. The van der Waals surface area contributed by atoms with Gasteiger partial charge in [-0.1, -0.05) is 77.9 Å². The molecule has 8 heteroatoms. The maximum absolute atomic E-state index is 12.6. The summed E-state index contributed by atoms with van der Waals surface area (Å²) in [4.78, 5) is 12.6. The van der Waals surface area contributed by atoms with E-state index in [-0.39, 0.29) is 11.7 Å². The molecule has 1 N–H and O–H groups in total. The van der Waals surface area contributed by atoms with Gasteiger partial charge in [0.2, 0.25) is 5.91 Å². The average molecular weight is 525 g/mol. The highest BCUT2D eigenvalue weighted by molar-refractivity contribution is 9.10. The molecular weight excluding hydrogens is 500 g/mol. The summed E-state index contributed by atoms with van der Waals surface area (Å²) in [5.41, 5.74) is 1.93. The number of fused-ring (bicyclic) bond motifs is 1. The molecule has 0 aliphatic carbocycles. The molecule has 0 aliphatic rings. The summed E-state index contributed by atoms with van der Waals surface area (Å²) < 4.78 is 8.89. The zero-order chi connectivity index (χ0) is 23.4. The van der Waals surface area contributed by atoms with Crippen LogP contribution < -0.4 is 10.1 Å². The summed E-state index contributed by atoms with van der Waals surface area (Å²) >= 11 is 4.85. The predicted octanol–water partition coefficient (Wildman–Crippen LogP) is 6.16. The molecule has 1 aromatic heterocycles. The van der Waals surface area contributed by atoms with E-state index in [1.165, 1.54) is 11.8 Å². The van der Waals surface area contributed by atoms with Gasteiger partial charge in [0.1, 0.15) is 12.4 Å². The molecule has 0 fully saturated rings. The topological polar surface area (TPSA) is 69.0 Å². The number of rotatable bonds is 8. The van der Waals surface area contributed by atoms with Crippen LogP contribution in [0.5, 0.6) is 5.75 Å². The third kappa shape index (κ3) is 5.57. The Balaban J connectivity index is 1.37. The molecule has 3 aromatic carbocycles. The molecule has 33 heavy (non-hydrogen) atoms. The highest BCUT2D eigenvalue weighted by Gasteiger charge is 2.14. The van der Waals surface area contributed by atoms with Crippen molar-refractivity contribution in [2.75, 3.05) is 11.1 Å². The maximum atomic E-state index is 12.6. The number of ether oxygens (including phenoxy) is 1. The smallest absolute Gasteiger partial charge is 0.234 e. The van der Waals surface area contributed by atoms with Gasteiger partial charge in [0.15, 0.2) is 11.0 Å². The molecule has 6 nitrogen and oxygen atoms in total. The van der Waals surface area contributed by atoms with Crippen molar-refractivity contribution < 1.29 is 9.53 Å². The van der Waals surface area contributed by atoms with E-state index < -0.39 is 0 Å². The number of anilines is 1. The van der Waals surface area contributed by atoms with Gasteiger partial charge >= 0.3 is 0 Å². The third-order valence-electron chi connectivity index (χ3n) is 5.27. The van der Waals surface area contributed by atoms with Gasteiger partial charge in [-0.25, -0.2) is 0 Å². The monoisotopic (exact) mass is 524 g/mol. The molecule has 1 amide bonds. The van der Waals surface area contributed by atoms with Gasteiger partial charge in [0.05, 0.1) is 5.75 Å². The third-order valence-corrected chi connectivity index (χ3v) is 6.79. The van der Waals surface area contributed by atoms with Crippen molar-refractivity contribution in [1.82, 2.24) is 14.8 Å². The zero-order valence-electron chi connectivity index (χ0n) is 18.7. The SMILES string of the molecule is CC(C)c1cc(Br)ccc1NC(=O)CSc1nnc(COc2cccc3ccccc23)n1C. The van der Waals surface area contributed by atoms with E-state index in [2.05, 4.69) is 57.4 Å². The second kappa shape index (κ2) is 10.4. The molecular formula is C25H25BrN4O2S. The summed E-state index contributed by atoms with van der Waals surface area (Å²) in [6.07, 6.45) is 0. The molecule has 0 atom stereocenters. The van der Waals surface area contributed by atoms with Crippen molar-refractivity contribution in [3.63, 3.8) is 0 Å². The minimum absolute atomic E-state index is 0.0826. The number of halogens is 1. The van der Waals surface area contributed by atoms with Gasteiger partial charge in [-0.2, -0.15) is 0 Å². The first-order valence-electron chi connectivity index (χ1n) is 10.6. The fourth-order valence-corrected chi connectivity index (χ4v) is 4.61. The Morgan fingerprint density at radius 3 is 2.73 bits per heavy atom. The Hall–Kier alpha value is -2.84. The second-order valence-electron chi connectivity index (χ2n) is 7.95. The highest BCUT2D eigenvalue weighted by Crippen LogP contribution is 2.29. The van der Waals surface area contributed by atoms with Crippen LogP contribution in [0.15, 0.2) is 70.3 Å². The van der Waals surface area contributed by atoms with Crippen molar-refractivity contribution in [2.24, 2.45) is 7.05 Å². The number of aromatic nitrogens is 3. The molecule has 1 heterocycles. The van der Waals surface area contributed by atoms with Gasteiger partial charge in [0.25, 0.3) is 0 Å². The van der Waals surface area contributed by atoms with Gasteiger partial charge in [0, 0.05) is 22.6 Å². The van der Waals surface area contributed by atoms with Gasteiger partial charge < -0.3 is 14.6 Å². The predicted molar refractivity (Wildman–Crippen MR) is 137 cm³/mol. The van der Waals surface area contributed by atoms with E-state index in [9.17, 15) is 4.79 Å². The lowest BCUT2D eigenvalue weighted by Gasteiger charge is -2.14. The molecule has 0 saturated heterocycles. The van der Waals surface area contributed by atoms with Crippen LogP contribution in [-0.4, -0.2) is 26.4 Å². The molecule has 0 unspecified atom stereocenters. The van der Waals surface area contributed by atoms with Crippen molar-refractivity contribution in [1.29, 1.82) is 0 Å². The quantitative estimate of drug-likeness (QED) is 0.279. The Labute approximate surface area is 205 Å². The van der Waals surface area contributed by atoms with Crippen LogP contribution in [0.2, 0.25) is 0 Å². The first kappa shape index (κ1) is 23.3. The molecule has 0 aliphatic heterocycles. The second-order valence-corrected chi connectivity index (χ2v) is 9.81. The van der Waals surface area contributed by atoms with Crippen LogP contribution in [0.3, 0.4) is 0 Å². The fourth-order valence-electron chi connectivity index (χ4n) is 3.50. The van der Waals surface area contributed by atoms with Gasteiger partial charge in [-0.05, 0) is 41.1 Å². The molecule has 4 rings (SSSR count). The number of benzene rings is 3. The molecule has 4 aromatic rings. The summed E-state index contributed by atoms with van der Waals surface area (Å²) in [7, 11) is 1.88. The van der Waals surface area contributed by atoms with Crippen molar-refractivity contribution in [3.8, 4) is 5.75 Å². The Morgan fingerprint density at radius 1 is 1.12 bits per heavy atom. The number of hydrogen-bond acceptors (Lipinski definition) is 5. The fraction of sp³-hybridized carbons (Fsp3) is 0.240. The summed E-state index contributed by atoms with van der Waals surface area (Å²) in [5.74, 6) is 1.96. The number of carbonyl (C=O) groups is 1. The minimum atomic E-state index is -0.0826. The standard InChI is InChI=1S/C25H25BrN4O2S/c1-16(2)20-13-18(26)11-12-21(20)27-24(31)15-33-25-29-28-23(30(25)3)14-32-22-10-6-8-17-7-4-5-9-19(17)22/h4-13,16H,14-15H2,1-3H3,(H,27,31). The number of nitrogens with one attached hydrogen (secondary N) is 1. The lowest BCUT2D eigenvalue weighted by atomic mass is 10.0. The number of nitrogens with zero attached hydrogens (tertiary/aromatic N) is 3. The van der Waals surface area contributed by atoms with E-state index in [1.807, 2.05) is 60.1 Å². The van der Waals surface area contributed by atoms with Crippen molar-refractivity contribution in [2.45, 2.75) is 31.5 Å². The average Bonchev–Trinajstić information content (AvgIpc) is 3.16. The lowest BCUT2D eigenvalue weighted by molar-refractivity contribution is -0.113. The number of amides is 1. The Bertz CT molecular complexity index is 1280. The minimum Gasteiger partial charge on any atom is -0.485 e. The summed E-state index contributed by atoms with van der Waals surface area (Å²) in [5, 5.41) is 14.4. The Kier molecular flexibility index (Phi) is 7.35. The van der Waals surface area contributed by atoms with Crippen LogP contribution in [0, 0.1) is 0 Å².